The molecule has 25 heavy (non-hydrogen) atoms. The minimum absolute atomic E-state index is 0.0786. The first kappa shape index (κ1) is 16.8. The molecule has 1 atom stereocenters. The molecule has 0 fully saturated rings. The zero-order chi connectivity index (χ0) is 17.6. The van der Waals surface area contributed by atoms with Crippen molar-refractivity contribution in [2.45, 2.75) is 18.9 Å². The third kappa shape index (κ3) is 4.50. The summed E-state index contributed by atoms with van der Waals surface area (Å²) in [6.07, 6.45) is 0.318. The van der Waals surface area contributed by atoms with Gasteiger partial charge < -0.3 is 19.9 Å². The first-order valence-corrected chi connectivity index (χ1v) is 8.06. The van der Waals surface area contributed by atoms with E-state index in [0.717, 1.165) is 11.1 Å². The van der Waals surface area contributed by atoms with E-state index in [1.165, 1.54) is 0 Å². The van der Waals surface area contributed by atoms with Crippen LogP contribution in [-0.2, 0) is 22.4 Å². The van der Waals surface area contributed by atoms with E-state index >= 15 is 0 Å². The molecular formula is C19H19NO5. The highest BCUT2D eigenvalue weighted by Gasteiger charge is 2.21. The fourth-order valence-electron chi connectivity index (χ4n) is 2.68. The second kappa shape index (κ2) is 7.70. The van der Waals surface area contributed by atoms with Crippen LogP contribution in [0.3, 0.4) is 0 Å². The van der Waals surface area contributed by atoms with Gasteiger partial charge in [0, 0.05) is 6.42 Å². The zero-order valence-electron chi connectivity index (χ0n) is 13.6. The van der Waals surface area contributed by atoms with E-state index in [1.54, 1.807) is 18.2 Å². The molecule has 0 aromatic heterocycles. The Morgan fingerprint density at radius 1 is 1.00 bits per heavy atom. The summed E-state index contributed by atoms with van der Waals surface area (Å²) in [5, 5.41) is 11.9. The van der Waals surface area contributed by atoms with Gasteiger partial charge in [0.15, 0.2) is 11.5 Å². The van der Waals surface area contributed by atoms with Crippen LogP contribution in [-0.4, -0.2) is 36.2 Å². The number of nitrogens with one attached hydrogen (secondary N) is 1. The molecule has 0 saturated carbocycles. The summed E-state index contributed by atoms with van der Waals surface area (Å²) in [6.45, 7) is 0.980. The Morgan fingerprint density at radius 3 is 2.44 bits per heavy atom. The van der Waals surface area contributed by atoms with Crippen LogP contribution in [0.4, 0.5) is 0 Å². The number of benzene rings is 2. The molecule has 1 heterocycles. The number of carbonyl (C=O) groups excluding carboxylic acids is 1. The predicted molar refractivity (Wildman–Crippen MR) is 90.8 cm³/mol. The molecule has 2 N–H and O–H groups in total. The van der Waals surface area contributed by atoms with Crippen molar-refractivity contribution >= 4 is 11.9 Å². The van der Waals surface area contributed by atoms with Crippen LogP contribution in [0.25, 0.3) is 0 Å². The molecule has 6 nitrogen and oxygen atoms in total. The number of carbonyl (C=O) groups is 2. The molecule has 2 aromatic carbocycles. The fourth-order valence-corrected chi connectivity index (χ4v) is 2.68. The number of carboxylic acids is 1. The summed E-state index contributed by atoms with van der Waals surface area (Å²) in [7, 11) is 0. The average Bonchev–Trinajstić information content (AvgIpc) is 2.62. The number of fused-ring (bicyclic) bond motifs is 1. The van der Waals surface area contributed by atoms with Gasteiger partial charge in [-0.05, 0) is 23.3 Å². The number of hydrogen-bond donors (Lipinski definition) is 2. The maximum absolute atomic E-state index is 12.2. The average molecular weight is 341 g/mol. The van der Waals surface area contributed by atoms with Crippen LogP contribution < -0.4 is 14.8 Å². The number of carboxylic acid groups (broad SMARTS) is 1. The van der Waals surface area contributed by atoms with Crippen molar-refractivity contribution in [2.24, 2.45) is 0 Å². The van der Waals surface area contributed by atoms with Crippen LogP contribution in [0, 0.1) is 0 Å². The molecule has 0 spiro atoms. The van der Waals surface area contributed by atoms with Crippen molar-refractivity contribution in [3.8, 4) is 11.5 Å². The van der Waals surface area contributed by atoms with Gasteiger partial charge in [-0.25, -0.2) is 4.79 Å². The first-order chi connectivity index (χ1) is 12.1. The highest BCUT2D eigenvalue weighted by Crippen LogP contribution is 2.30. The van der Waals surface area contributed by atoms with E-state index < -0.39 is 12.0 Å². The molecule has 0 aliphatic carbocycles. The van der Waals surface area contributed by atoms with Gasteiger partial charge in [0.2, 0.25) is 5.91 Å². The Morgan fingerprint density at radius 2 is 1.72 bits per heavy atom. The molecule has 0 unspecified atom stereocenters. The predicted octanol–water partition coefficient (Wildman–Crippen LogP) is 1.81. The highest BCUT2D eigenvalue weighted by atomic mass is 16.6. The van der Waals surface area contributed by atoms with Crippen molar-refractivity contribution in [3.05, 3.63) is 59.7 Å². The van der Waals surface area contributed by atoms with Crippen LogP contribution in [0.5, 0.6) is 11.5 Å². The maximum atomic E-state index is 12.2. The van der Waals surface area contributed by atoms with Gasteiger partial charge in [0.1, 0.15) is 19.3 Å². The number of hydrogen-bond acceptors (Lipinski definition) is 4. The van der Waals surface area contributed by atoms with Crippen molar-refractivity contribution in [1.82, 2.24) is 5.32 Å². The lowest BCUT2D eigenvalue weighted by Crippen LogP contribution is -2.43. The van der Waals surface area contributed by atoms with E-state index in [4.69, 9.17) is 9.47 Å². The standard InChI is InChI=1S/C19H19NO5/c21-18(12-14-6-7-16-17(11-14)25-9-8-24-16)20-15(19(22)23)10-13-4-2-1-3-5-13/h1-7,11,15H,8-10,12H2,(H,20,21)(H,22,23)/t15-/m0/s1. The second-order valence-electron chi connectivity index (χ2n) is 5.80. The largest absolute Gasteiger partial charge is 0.486 e. The van der Waals surface area contributed by atoms with Gasteiger partial charge in [-0.15, -0.1) is 0 Å². The van der Waals surface area contributed by atoms with Crippen molar-refractivity contribution in [2.75, 3.05) is 13.2 Å². The summed E-state index contributed by atoms with van der Waals surface area (Å²) in [5.41, 5.74) is 1.60. The monoisotopic (exact) mass is 341 g/mol. The van der Waals surface area contributed by atoms with Gasteiger partial charge in [0.05, 0.1) is 6.42 Å². The number of amides is 1. The third-order valence-corrected chi connectivity index (χ3v) is 3.89. The van der Waals surface area contributed by atoms with Crippen molar-refractivity contribution in [3.63, 3.8) is 0 Å². The van der Waals surface area contributed by atoms with Crippen LogP contribution in [0.2, 0.25) is 0 Å². The number of rotatable bonds is 6. The van der Waals surface area contributed by atoms with E-state index in [-0.39, 0.29) is 18.7 Å². The Hall–Kier alpha value is -3.02. The van der Waals surface area contributed by atoms with Gasteiger partial charge in [0.25, 0.3) is 0 Å². The summed E-state index contributed by atoms with van der Waals surface area (Å²) in [4.78, 5) is 23.7. The Kier molecular flexibility index (Phi) is 5.18. The van der Waals surface area contributed by atoms with Gasteiger partial charge >= 0.3 is 5.97 Å². The fraction of sp³-hybridized carbons (Fsp3) is 0.263. The van der Waals surface area contributed by atoms with Gasteiger partial charge in [-0.2, -0.15) is 0 Å². The van der Waals surface area contributed by atoms with E-state index in [2.05, 4.69) is 5.32 Å². The Balaban J connectivity index is 1.62. The minimum Gasteiger partial charge on any atom is -0.486 e. The molecule has 1 amide bonds. The summed E-state index contributed by atoms with van der Waals surface area (Å²) >= 11 is 0. The minimum atomic E-state index is -1.06. The van der Waals surface area contributed by atoms with Crippen molar-refractivity contribution < 1.29 is 24.2 Å². The molecule has 1 aliphatic heterocycles. The zero-order valence-corrected chi connectivity index (χ0v) is 13.6. The second-order valence-corrected chi connectivity index (χ2v) is 5.80. The third-order valence-electron chi connectivity index (χ3n) is 3.89. The molecule has 2 aromatic rings. The van der Waals surface area contributed by atoms with Crippen LogP contribution in [0.15, 0.2) is 48.5 Å². The molecule has 0 bridgehead atoms. The Bertz CT molecular complexity index is 760. The quantitative estimate of drug-likeness (QED) is 0.837. The maximum Gasteiger partial charge on any atom is 0.326 e. The molecule has 130 valence electrons. The number of aliphatic carboxylic acids is 1. The van der Waals surface area contributed by atoms with E-state index in [0.29, 0.717) is 24.7 Å². The SMILES string of the molecule is O=C(Cc1ccc2c(c1)OCCO2)N[C@@H](Cc1ccccc1)C(=O)O. The molecule has 0 radical (unpaired) electrons. The van der Waals surface area contributed by atoms with Gasteiger partial charge in [-0.3, -0.25) is 4.79 Å². The van der Waals surface area contributed by atoms with Crippen LogP contribution in [0.1, 0.15) is 11.1 Å². The lowest BCUT2D eigenvalue weighted by Gasteiger charge is -2.19. The summed E-state index contributed by atoms with van der Waals surface area (Å²) < 4.78 is 10.9. The lowest BCUT2D eigenvalue weighted by molar-refractivity contribution is -0.141. The normalized spacial score (nSPS) is 13.8. The summed E-state index contributed by atoms with van der Waals surface area (Å²) in [5.74, 6) is -0.141. The van der Waals surface area contributed by atoms with Crippen molar-refractivity contribution in [1.29, 1.82) is 0 Å². The highest BCUT2D eigenvalue weighted by molar-refractivity contribution is 5.85. The first-order valence-electron chi connectivity index (χ1n) is 8.06. The molecule has 0 saturated heterocycles. The van der Waals surface area contributed by atoms with Gasteiger partial charge in [-0.1, -0.05) is 36.4 Å². The Labute approximate surface area is 145 Å². The summed E-state index contributed by atoms with van der Waals surface area (Å²) in [6, 6.07) is 13.5. The van der Waals surface area contributed by atoms with E-state index in [1.807, 2.05) is 30.3 Å². The topological polar surface area (TPSA) is 84.9 Å². The molecular weight excluding hydrogens is 322 g/mol. The van der Waals surface area contributed by atoms with Crippen LogP contribution >= 0.6 is 0 Å². The molecule has 3 rings (SSSR count). The lowest BCUT2D eigenvalue weighted by atomic mass is 10.1. The molecule has 6 heteroatoms. The molecule has 1 aliphatic rings. The number of ether oxygens (including phenoxy) is 2. The smallest absolute Gasteiger partial charge is 0.326 e. The van der Waals surface area contributed by atoms with E-state index in [9.17, 15) is 14.7 Å².